The van der Waals surface area contributed by atoms with E-state index in [-0.39, 0.29) is 6.61 Å². The van der Waals surface area contributed by atoms with Gasteiger partial charge in [0.25, 0.3) is 5.91 Å². The maximum absolute atomic E-state index is 10.5. The summed E-state index contributed by atoms with van der Waals surface area (Å²) in [7, 11) is 0. The Labute approximate surface area is 101 Å². The molecule has 0 aliphatic heterocycles. The molecule has 94 valence electrons. The van der Waals surface area contributed by atoms with E-state index in [4.69, 9.17) is 16.2 Å². The van der Waals surface area contributed by atoms with Crippen molar-refractivity contribution in [3.63, 3.8) is 0 Å². The summed E-state index contributed by atoms with van der Waals surface area (Å²) in [5.41, 5.74) is 11.5. The van der Waals surface area contributed by atoms with Crippen LogP contribution < -0.4 is 21.5 Å². The van der Waals surface area contributed by atoms with Gasteiger partial charge in [-0.15, -0.1) is 0 Å². The molecule has 0 unspecified atom stereocenters. The largest absolute Gasteiger partial charge is 0.484 e. The Morgan fingerprint density at radius 2 is 2.00 bits per heavy atom. The summed E-state index contributed by atoms with van der Waals surface area (Å²) < 4.78 is 5.15. The smallest absolute Gasteiger partial charge is 0.255 e. The molecule has 0 aromatic heterocycles. The highest BCUT2D eigenvalue weighted by atomic mass is 16.5. The fourth-order valence-electron chi connectivity index (χ4n) is 1.32. The van der Waals surface area contributed by atoms with Gasteiger partial charge in [-0.2, -0.15) is 0 Å². The quantitative estimate of drug-likeness (QED) is 0.555. The van der Waals surface area contributed by atoms with Gasteiger partial charge >= 0.3 is 0 Å². The minimum Gasteiger partial charge on any atom is -0.484 e. The van der Waals surface area contributed by atoms with Crippen molar-refractivity contribution < 1.29 is 9.53 Å². The first kappa shape index (κ1) is 13.5. The van der Waals surface area contributed by atoms with Crippen molar-refractivity contribution in [2.75, 3.05) is 19.7 Å². The van der Waals surface area contributed by atoms with E-state index in [1.165, 1.54) is 0 Å². The van der Waals surface area contributed by atoms with Gasteiger partial charge in [0.05, 0.1) is 0 Å². The molecule has 5 heteroatoms. The van der Waals surface area contributed by atoms with E-state index in [1.54, 1.807) is 0 Å². The number of ether oxygens (including phenoxy) is 1. The van der Waals surface area contributed by atoms with Gasteiger partial charge < -0.3 is 21.5 Å². The lowest BCUT2D eigenvalue weighted by molar-refractivity contribution is -0.119. The molecule has 1 aromatic carbocycles. The van der Waals surface area contributed by atoms with Gasteiger partial charge in [-0.3, -0.25) is 4.79 Å². The fourth-order valence-corrected chi connectivity index (χ4v) is 1.32. The number of nitrogens with two attached hydrogens (primary N) is 2. The summed E-state index contributed by atoms with van der Waals surface area (Å²) in [4.78, 5) is 10.5. The minimum absolute atomic E-state index is 0.0892. The molecule has 0 atom stereocenters. The number of rotatable bonds is 8. The van der Waals surface area contributed by atoms with Gasteiger partial charge in [-0.25, -0.2) is 0 Å². The first-order chi connectivity index (χ1) is 8.22. The van der Waals surface area contributed by atoms with Crippen molar-refractivity contribution in [3.05, 3.63) is 29.8 Å². The maximum Gasteiger partial charge on any atom is 0.255 e. The van der Waals surface area contributed by atoms with Crippen LogP contribution in [-0.4, -0.2) is 25.6 Å². The second kappa shape index (κ2) is 7.65. The molecule has 1 aromatic rings. The summed E-state index contributed by atoms with van der Waals surface area (Å²) >= 11 is 0. The number of hydrogen-bond donors (Lipinski definition) is 3. The second-order valence-electron chi connectivity index (χ2n) is 3.72. The first-order valence-corrected chi connectivity index (χ1v) is 5.63. The van der Waals surface area contributed by atoms with Crippen LogP contribution in [0, 0.1) is 0 Å². The van der Waals surface area contributed by atoms with Crippen LogP contribution in [0.5, 0.6) is 5.75 Å². The lowest BCUT2D eigenvalue weighted by Crippen LogP contribution is -2.20. The Morgan fingerprint density at radius 1 is 1.29 bits per heavy atom. The Hall–Kier alpha value is -1.59. The van der Waals surface area contributed by atoms with Gasteiger partial charge in [0, 0.05) is 6.54 Å². The molecule has 0 spiro atoms. The number of carbonyl (C=O) groups is 1. The van der Waals surface area contributed by atoms with Crippen molar-refractivity contribution in [1.82, 2.24) is 5.32 Å². The van der Waals surface area contributed by atoms with Crippen LogP contribution in [0.4, 0.5) is 0 Å². The standard InChI is InChI=1S/C12H19N3O2/c13-6-1-7-15-8-10-2-4-11(5-3-10)17-9-12(14)16/h2-5,15H,1,6-9,13H2,(H2,14,16). The predicted octanol–water partition coefficient (Wildman–Crippen LogP) is -0.0109. The highest BCUT2D eigenvalue weighted by Crippen LogP contribution is 2.11. The minimum atomic E-state index is -0.475. The van der Waals surface area contributed by atoms with Gasteiger partial charge in [0.1, 0.15) is 5.75 Å². The Kier molecular flexibility index (Phi) is 6.06. The van der Waals surface area contributed by atoms with E-state index >= 15 is 0 Å². The van der Waals surface area contributed by atoms with Gasteiger partial charge in [0.2, 0.25) is 0 Å². The van der Waals surface area contributed by atoms with E-state index in [2.05, 4.69) is 5.32 Å². The summed E-state index contributed by atoms with van der Waals surface area (Å²) in [6.07, 6.45) is 0.972. The number of primary amides is 1. The average molecular weight is 237 g/mol. The molecule has 0 saturated heterocycles. The Balaban J connectivity index is 2.31. The van der Waals surface area contributed by atoms with E-state index in [0.717, 1.165) is 25.1 Å². The number of amides is 1. The average Bonchev–Trinajstić information content (AvgIpc) is 2.33. The van der Waals surface area contributed by atoms with Crippen molar-refractivity contribution in [1.29, 1.82) is 0 Å². The molecular weight excluding hydrogens is 218 g/mol. The van der Waals surface area contributed by atoms with Crippen molar-refractivity contribution in [2.45, 2.75) is 13.0 Å². The molecule has 0 bridgehead atoms. The normalized spacial score (nSPS) is 10.2. The summed E-state index contributed by atoms with van der Waals surface area (Å²) in [5, 5.41) is 3.28. The SMILES string of the molecule is NCCCNCc1ccc(OCC(N)=O)cc1. The molecule has 0 saturated carbocycles. The molecule has 1 amide bonds. The highest BCUT2D eigenvalue weighted by Gasteiger charge is 1.98. The van der Waals surface area contributed by atoms with Gasteiger partial charge in [-0.1, -0.05) is 12.1 Å². The van der Waals surface area contributed by atoms with E-state index in [9.17, 15) is 4.79 Å². The Morgan fingerprint density at radius 3 is 2.59 bits per heavy atom. The molecule has 0 heterocycles. The predicted molar refractivity (Wildman–Crippen MR) is 66.5 cm³/mol. The molecule has 0 aliphatic rings. The van der Waals surface area contributed by atoms with Crippen LogP contribution in [0.25, 0.3) is 0 Å². The molecule has 1 rings (SSSR count). The fraction of sp³-hybridized carbons (Fsp3) is 0.417. The molecule has 0 aliphatic carbocycles. The van der Waals surface area contributed by atoms with Crippen LogP contribution in [0.2, 0.25) is 0 Å². The van der Waals surface area contributed by atoms with E-state index < -0.39 is 5.91 Å². The number of hydrogen-bond acceptors (Lipinski definition) is 4. The third-order valence-electron chi connectivity index (χ3n) is 2.19. The molecule has 5 nitrogen and oxygen atoms in total. The van der Waals surface area contributed by atoms with Crippen LogP contribution in [0.15, 0.2) is 24.3 Å². The lowest BCUT2D eigenvalue weighted by atomic mass is 10.2. The molecular formula is C12H19N3O2. The van der Waals surface area contributed by atoms with E-state index in [1.807, 2.05) is 24.3 Å². The zero-order chi connectivity index (χ0) is 12.5. The van der Waals surface area contributed by atoms with Crippen LogP contribution in [-0.2, 0) is 11.3 Å². The number of benzene rings is 1. The monoisotopic (exact) mass is 237 g/mol. The summed E-state index contributed by atoms with van der Waals surface area (Å²) in [6.45, 7) is 2.33. The topological polar surface area (TPSA) is 90.4 Å². The van der Waals surface area contributed by atoms with E-state index in [0.29, 0.717) is 12.3 Å². The summed E-state index contributed by atoms with van der Waals surface area (Å²) in [5.74, 6) is 0.173. The van der Waals surface area contributed by atoms with Crippen molar-refractivity contribution >= 4 is 5.91 Å². The maximum atomic E-state index is 10.5. The third-order valence-corrected chi connectivity index (χ3v) is 2.19. The van der Waals surface area contributed by atoms with Gasteiger partial charge in [-0.05, 0) is 37.2 Å². The Bertz CT molecular complexity index is 338. The molecule has 5 N–H and O–H groups in total. The lowest BCUT2D eigenvalue weighted by Gasteiger charge is -2.06. The number of carbonyl (C=O) groups excluding carboxylic acids is 1. The van der Waals surface area contributed by atoms with Crippen molar-refractivity contribution in [2.24, 2.45) is 11.5 Å². The molecule has 17 heavy (non-hydrogen) atoms. The first-order valence-electron chi connectivity index (χ1n) is 5.63. The third kappa shape index (κ3) is 5.89. The second-order valence-corrected chi connectivity index (χ2v) is 3.72. The highest BCUT2D eigenvalue weighted by molar-refractivity contribution is 5.75. The van der Waals surface area contributed by atoms with Gasteiger partial charge in [0.15, 0.2) is 6.61 Å². The number of nitrogens with one attached hydrogen (secondary N) is 1. The molecule has 0 fully saturated rings. The zero-order valence-corrected chi connectivity index (χ0v) is 9.82. The van der Waals surface area contributed by atoms with Crippen molar-refractivity contribution in [3.8, 4) is 5.75 Å². The van der Waals surface area contributed by atoms with Crippen LogP contribution >= 0.6 is 0 Å². The molecule has 0 radical (unpaired) electrons. The van der Waals surface area contributed by atoms with Crippen LogP contribution in [0.3, 0.4) is 0 Å². The zero-order valence-electron chi connectivity index (χ0n) is 9.82. The summed E-state index contributed by atoms with van der Waals surface area (Å²) in [6, 6.07) is 7.54. The van der Waals surface area contributed by atoms with Crippen LogP contribution in [0.1, 0.15) is 12.0 Å².